The number of aromatic amines is 1. The molecule has 206 valence electrons. The summed E-state index contributed by atoms with van der Waals surface area (Å²) in [6, 6.07) is 15.8. The lowest BCUT2D eigenvalue weighted by atomic mass is 10.0. The minimum Gasteiger partial charge on any atom is -0.465 e. The van der Waals surface area contributed by atoms with Gasteiger partial charge in [-0.1, -0.05) is 23.7 Å². The molecule has 12 nitrogen and oxygen atoms in total. The fourth-order valence-corrected chi connectivity index (χ4v) is 5.70. The third-order valence-electron chi connectivity index (χ3n) is 7.56. The van der Waals surface area contributed by atoms with Crippen LogP contribution < -0.4 is 10.5 Å². The van der Waals surface area contributed by atoms with Gasteiger partial charge in [-0.2, -0.15) is 4.68 Å². The summed E-state index contributed by atoms with van der Waals surface area (Å²) < 4.78 is 8.48. The van der Waals surface area contributed by atoms with Gasteiger partial charge in [-0.3, -0.25) is 9.69 Å². The van der Waals surface area contributed by atoms with Gasteiger partial charge in [0.2, 0.25) is 0 Å². The smallest absolute Gasteiger partial charge is 0.412 e. The van der Waals surface area contributed by atoms with Crippen LogP contribution in [-0.2, 0) is 11.2 Å². The minimum atomic E-state index is -1.01. The summed E-state index contributed by atoms with van der Waals surface area (Å²) in [6.07, 6.45) is 3.65. The van der Waals surface area contributed by atoms with Crippen molar-refractivity contribution in [3.63, 3.8) is 0 Å². The monoisotopic (exact) mass is 570 g/mol. The summed E-state index contributed by atoms with van der Waals surface area (Å²) in [7, 11) is 0. The van der Waals surface area contributed by atoms with Gasteiger partial charge in [0.05, 0.1) is 42.9 Å². The number of pyridine rings is 1. The number of H-pyrrole nitrogens is 1. The molecule has 2 aliphatic rings. The molecule has 0 aliphatic carbocycles. The SMILES string of the molecule is O=C(O)N(c1ccc(-c2cnc([C@@H]3CCc4cc(-c5cc(Cl)ccc5-n5cnnn5)cc(=O)n43)[nH]2)cc1)C1COC1. The summed E-state index contributed by atoms with van der Waals surface area (Å²) >= 11 is 6.31. The van der Waals surface area contributed by atoms with E-state index < -0.39 is 6.09 Å². The minimum absolute atomic E-state index is 0.140. The number of nitrogens with zero attached hydrogens (tertiary/aromatic N) is 7. The number of aromatic nitrogens is 7. The number of rotatable bonds is 6. The highest BCUT2D eigenvalue weighted by atomic mass is 35.5. The number of imidazole rings is 1. The standard InChI is InChI=1S/C28H23ClN8O4/c29-18-3-7-24(35-15-31-33-34-35)22(11-18)17-9-20-6-8-25(37(20)26(38)10-17)27-30-12-23(32-27)16-1-4-19(5-2-16)36(28(39)40)21-13-41-14-21/h1-5,7,9-12,15,21,25H,6,8,13-14H2,(H,30,32)(H,39,40)/t25-/m0/s1. The van der Waals surface area contributed by atoms with E-state index in [4.69, 9.17) is 16.3 Å². The van der Waals surface area contributed by atoms with Crippen LogP contribution in [0.4, 0.5) is 10.5 Å². The average molecular weight is 571 g/mol. The average Bonchev–Trinajstić information content (AvgIpc) is 3.71. The highest BCUT2D eigenvalue weighted by Crippen LogP contribution is 2.34. The molecule has 5 aromatic rings. The zero-order chi connectivity index (χ0) is 28.1. The summed E-state index contributed by atoms with van der Waals surface area (Å²) in [5.74, 6) is 0.689. The molecule has 1 atom stereocenters. The number of fused-ring (bicyclic) bond motifs is 1. The van der Waals surface area contributed by atoms with E-state index in [0.29, 0.717) is 41.9 Å². The number of amides is 1. The van der Waals surface area contributed by atoms with Gasteiger partial charge in [0, 0.05) is 28.0 Å². The number of ether oxygens (including phenoxy) is 1. The van der Waals surface area contributed by atoms with Crippen LogP contribution in [0.15, 0.2) is 71.9 Å². The van der Waals surface area contributed by atoms with Crippen molar-refractivity contribution < 1.29 is 14.6 Å². The van der Waals surface area contributed by atoms with Gasteiger partial charge in [-0.05, 0) is 70.8 Å². The van der Waals surface area contributed by atoms with Crippen LogP contribution in [0.3, 0.4) is 0 Å². The number of benzene rings is 2. The van der Waals surface area contributed by atoms with E-state index in [1.54, 1.807) is 41.1 Å². The quantitative estimate of drug-likeness (QED) is 0.312. The number of anilines is 1. The van der Waals surface area contributed by atoms with Gasteiger partial charge in [0.1, 0.15) is 12.2 Å². The molecule has 2 aromatic carbocycles. The van der Waals surface area contributed by atoms with Gasteiger partial charge in [-0.15, -0.1) is 5.10 Å². The molecule has 5 heterocycles. The number of aryl methyl sites for hydroxylation is 1. The van der Waals surface area contributed by atoms with E-state index in [2.05, 4.69) is 25.5 Å². The lowest BCUT2D eigenvalue weighted by molar-refractivity contribution is 0.00897. The third-order valence-corrected chi connectivity index (χ3v) is 7.79. The molecule has 0 unspecified atom stereocenters. The molecular formula is C28H23ClN8O4. The molecule has 1 fully saturated rings. The molecular weight excluding hydrogens is 548 g/mol. The molecule has 13 heteroatoms. The molecule has 0 radical (unpaired) electrons. The van der Waals surface area contributed by atoms with Gasteiger partial charge < -0.3 is 19.4 Å². The van der Waals surface area contributed by atoms with E-state index in [1.165, 1.54) is 15.9 Å². The fraction of sp³-hybridized carbons (Fsp3) is 0.214. The van der Waals surface area contributed by atoms with Crippen LogP contribution in [-0.4, -0.2) is 65.2 Å². The molecule has 0 saturated carbocycles. The lowest BCUT2D eigenvalue weighted by Crippen LogP contribution is -2.51. The Hall–Kier alpha value is -4.81. The number of nitrogens with one attached hydrogen (secondary N) is 1. The van der Waals surface area contributed by atoms with Crippen molar-refractivity contribution >= 4 is 23.4 Å². The van der Waals surface area contributed by atoms with Crippen LogP contribution in [0.5, 0.6) is 0 Å². The summed E-state index contributed by atoms with van der Waals surface area (Å²) in [6.45, 7) is 0.780. The predicted octanol–water partition coefficient (Wildman–Crippen LogP) is 3.95. The van der Waals surface area contributed by atoms with E-state index in [9.17, 15) is 14.7 Å². The summed E-state index contributed by atoms with van der Waals surface area (Å²) in [5, 5.41) is 21.6. The largest absolute Gasteiger partial charge is 0.465 e. The first-order valence-corrected chi connectivity index (χ1v) is 13.4. The van der Waals surface area contributed by atoms with Gasteiger partial charge >= 0.3 is 6.09 Å². The Morgan fingerprint density at radius 3 is 2.63 bits per heavy atom. The van der Waals surface area contributed by atoms with Crippen molar-refractivity contribution in [2.45, 2.75) is 24.9 Å². The van der Waals surface area contributed by atoms with Crippen LogP contribution in [0.2, 0.25) is 5.02 Å². The summed E-state index contributed by atoms with van der Waals surface area (Å²) in [4.78, 5) is 34.6. The van der Waals surface area contributed by atoms with Crippen molar-refractivity contribution in [3.05, 3.63) is 94.0 Å². The normalized spacial score (nSPS) is 16.4. The molecule has 0 spiro atoms. The van der Waals surface area contributed by atoms with Crippen molar-refractivity contribution in [2.24, 2.45) is 0 Å². The topological polar surface area (TPSA) is 144 Å². The molecule has 2 aliphatic heterocycles. The maximum atomic E-state index is 13.5. The van der Waals surface area contributed by atoms with Crippen LogP contribution >= 0.6 is 11.6 Å². The van der Waals surface area contributed by atoms with Crippen molar-refractivity contribution in [1.29, 1.82) is 0 Å². The Balaban J connectivity index is 1.17. The van der Waals surface area contributed by atoms with E-state index in [1.807, 2.05) is 24.3 Å². The number of carbonyl (C=O) groups is 1. The maximum Gasteiger partial charge on any atom is 0.412 e. The zero-order valence-electron chi connectivity index (χ0n) is 21.5. The van der Waals surface area contributed by atoms with E-state index in [0.717, 1.165) is 34.5 Å². The number of halogens is 1. The van der Waals surface area contributed by atoms with E-state index in [-0.39, 0.29) is 17.6 Å². The molecule has 3 aromatic heterocycles. The molecule has 41 heavy (non-hydrogen) atoms. The number of hydrogen-bond acceptors (Lipinski definition) is 7. The highest BCUT2D eigenvalue weighted by molar-refractivity contribution is 6.31. The van der Waals surface area contributed by atoms with Crippen LogP contribution in [0, 0.1) is 0 Å². The predicted molar refractivity (Wildman–Crippen MR) is 149 cm³/mol. The number of tetrazole rings is 1. The second-order valence-corrected chi connectivity index (χ2v) is 10.4. The number of carboxylic acid groups (broad SMARTS) is 1. The Morgan fingerprint density at radius 2 is 1.93 bits per heavy atom. The number of hydrogen-bond donors (Lipinski definition) is 2. The van der Waals surface area contributed by atoms with Crippen molar-refractivity contribution in [2.75, 3.05) is 18.1 Å². The lowest BCUT2D eigenvalue weighted by Gasteiger charge is -2.35. The Kier molecular flexibility index (Phi) is 6.13. The zero-order valence-corrected chi connectivity index (χ0v) is 22.3. The Labute approximate surface area is 237 Å². The van der Waals surface area contributed by atoms with Gasteiger partial charge in [0.15, 0.2) is 0 Å². The molecule has 1 saturated heterocycles. The van der Waals surface area contributed by atoms with Crippen molar-refractivity contribution in [1.82, 2.24) is 34.7 Å². The molecule has 0 bridgehead atoms. The van der Waals surface area contributed by atoms with Crippen LogP contribution in [0.1, 0.15) is 24.0 Å². The molecule has 1 amide bonds. The first-order chi connectivity index (χ1) is 20.0. The second kappa shape index (κ2) is 9.98. The van der Waals surface area contributed by atoms with Crippen LogP contribution in [0.25, 0.3) is 28.1 Å². The molecule has 7 rings (SSSR count). The van der Waals surface area contributed by atoms with E-state index >= 15 is 0 Å². The summed E-state index contributed by atoms with van der Waals surface area (Å²) in [5.41, 5.74) is 5.19. The van der Waals surface area contributed by atoms with Crippen molar-refractivity contribution in [3.8, 4) is 28.1 Å². The fourth-order valence-electron chi connectivity index (χ4n) is 5.52. The van der Waals surface area contributed by atoms with Gasteiger partial charge in [0.25, 0.3) is 5.56 Å². The second-order valence-electron chi connectivity index (χ2n) is 9.99. The Morgan fingerprint density at radius 1 is 1.10 bits per heavy atom. The highest BCUT2D eigenvalue weighted by Gasteiger charge is 2.31. The third kappa shape index (κ3) is 4.46. The molecule has 2 N–H and O–H groups in total. The van der Waals surface area contributed by atoms with Gasteiger partial charge in [-0.25, -0.2) is 9.78 Å². The first-order valence-electron chi connectivity index (χ1n) is 13.0. The first kappa shape index (κ1) is 25.2. The maximum absolute atomic E-state index is 13.5. The Bertz CT molecular complexity index is 1810.